The second-order valence-electron chi connectivity index (χ2n) is 16.4. The average molecular weight is 776 g/mol. The van der Waals surface area contributed by atoms with Crippen molar-refractivity contribution in [1.29, 1.82) is 0 Å². The van der Waals surface area contributed by atoms with Crippen molar-refractivity contribution in [2.75, 3.05) is 4.90 Å². The Morgan fingerprint density at radius 2 is 0.934 bits per heavy atom. The number of anilines is 3. The molecule has 0 bridgehead atoms. The summed E-state index contributed by atoms with van der Waals surface area (Å²) in [5.41, 5.74) is 19.7. The number of hydrogen-bond donors (Lipinski definition) is 0. The van der Waals surface area contributed by atoms with Crippen LogP contribution in [0.1, 0.15) is 22.3 Å². The first kappa shape index (κ1) is 34.0. The number of furan rings is 1. The molecule has 0 saturated heterocycles. The summed E-state index contributed by atoms with van der Waals surface area (Å²) in [6.45, 7) is 0. The summed E-state index contributed by atoms with van der Waals surface area (Å²) in [6.07, 6.45) is 0. The summed E-state index contributed by atoms with van der Waals surface area (Å²) in [5.74, 6) is 0. The van der Waals surface area contributed by atoms with Crippen LogP contribution in [-0.4, -0.2) is 0 Å². The van der Waals surface area contributed by atoms with Gasteiger partial charge < -0.3 is 9.32 Å². The van der Waals surface area contributed by atoms with E-state index in [4.69, 9.17) is 4.42 Å². The minimum absolute atomic E-state index is 0.509. The fraction of sp³-hybridized carbons (Fsp3) is 0.0169. The maximum atomic E-state index is 6.56. The molecule has 61 heavy (non-hydrogen) atoms. The third-order valence-corrected chi connectivity index (χ3v) is 13.3. The van der Waals surface area contributed by atoms with Crippen molar-refractivity contribution in [1.82, 2.24) is 0 Å². The predicted molar refractivity (Wildman–Crippen MR) is 253 cm³/mol. The van der Waals surface area contributed by atoms with Gasteiger partial charge in [-0.2, -0.15) is 0 Å². The molecule has 1 spiro atoms. The average Bonchev–Trinajstić information content (AvgIpc) is 3.96. The van der Waals surface area contributed by atoms with Gasteiger partial charge in [0.2, 0.25) is 0 Å². The van der Waals surface area contributed by atoms with E-state index in [0.717, 1.165) is 39.0 Å². The molecule has 0 aliphatic heterocycles. The van der Waals surface area contributed by atoms with E-state index in [0.29, 0.717) is 0 Å². The molecule has 1 atom stereocenters. The van der Waals surface area contributed by atoms with Gasteiger partial charge in [-0.3, -0.25) is 0 Å². The predicted octanol–water partition coefficient (Wildman–Crippen LogP) is 15.9. The maximum absolute atomic E-state index is 6.56. The van der Waals surface area contributed by atoms with Gasteiger partial charge in [0.1, 0.15) is 11.2 Å². The summed E-state index contributed by atoms with van der Waals surface area (Å²) in [6, 6.07) is 82.3. The Morgan fingerprint density at radius 1 is 0.328 bits per heavy atom. The van der Waals surface area contributed by atoms with Crippen LogP contribution in [0.5, 0.6) is 0 Å². The zero-order chi connectivity index (χ0) is 40.1. The Balaban J connectivity index is 1.07. The fourth-order valence-electron chi connectivity index (χ4n) is 10.7. The number of para-hydroxylation sites is 1. The molecule has 11 aromatic rings. The summed E-state index contributed by atoms with van der Waals surface area (Å²) >= 11 is 0. The van der Waals surface area contributed by atoms with Gasteiger partial charge in [-0.1, -0.05) is 176 Å². The summed E-state index contributed by atoms with van der Waals surface area (Å²) in [5, 5.41) is 4.73. The van der Waals surface area contributed by atoms with Crippen LogP contribution in [0.25, 0.3) is 77.2 Å². The van der Waals surface area contributed by atoms with E-state index in [1.54, 1.807) is 0 Å². The quantitative estimate of drug-likeness (QED) is 0.173. The molecule has 284 valence electrons. The normalized spacial score (nSPS) is 14.6. The van der Waals surface area contributed by atoms with E-state index in [1.165, 1.54) is 77.5 Å². The fourth-order valence-corrected chi connectivity index (χ4v) is 10.7. The minimum atomic E-state index is -0.509. The Hall–Kier alpha value is -7.94. The van der Waals surface area contributed by atoms with Crippen LogP contribution >= 0.6 is 0 Å². The van der Waals surface area contributed by atoms with Crippen molar-refractivity contribution in [2.24, 2.45) is 0 Å². The number of hydrogen-bond acceptors (Lipinski definition) is 2. The summed E-state index contributed by atoms with van der Waals surface area (Å²) < 4.78 is 6.56. The molecule has 1 heterocycles. The standard InChI is InChI=1S/C59H37NO/c1-2-14-38(15-3-1)41-30-34-47-46-19-6-9-23-51(46)59(54(47)36-41)52-24-10-7-21-50(52)58-53(59)25-13-26-55(58)60(43-33-35-49-48-20-8-11-27-56(48)61-57(49)37-43)42-31-28-40(29-32-42)45-22-12-17-39-16-4-5-18-44(39)45/h1-37H. The van der Waals surface area contributed by atoms with E-state index in [1.807, 2.05) is 6.07 Å². The topological polar surface area (TPSA) is 16.4 Å². The van der Waals surface area contributed by atoms with E-state index >= 15 is 0 Å². The van der Waals surface area contributed by atoms with Gasteiger partial charge in [0.25, 0.3) is 0 Å². The number of rotatable bonds is 5. The lowest BCUT2D eigenvalue weighted by atomic mass is 9.70. The smallest absolute Gasteiger partial charge is 0.137 e. The van der Waals surface area contributed by atoms with Crippen molar-refractivity contribution < 1.29 is 4.42 Å². The van der Waals surface area contributed by atoms with Gasteiger partial charge >= 0.3 is 0 Å². The van der Waals surface area contributed by atoms with Crippen LogP contribution < -0.4 is 4.90 Å². The molecule has 0 fully saturated rings. The van der Waals surface area contributed by atoms with E-state index in [9.17, 15) is 0 Å². The van der Waals surface area contributed by atoms with E-state index < -0.39 is 5.41 Å². The molecule has 0 saturated carbocycles. The van der Waals surface area contributed by atoms with Crippen LogP contribution in [0.4, 0.5) is 17.1 Å². The Kier molecular flexibility index (Phi) is 7.26. The van der Waals surface area contributed by atoms with Crippen LogP contribution in [0.2, 0.25) is 0 Å². The third-order valence-electron chi connectivity index (χ3n) is 13.3. The Bertz CT molecular complexity index is 3540. The second-order valence-corrected chi connectivity index (χ2v) is 16.4. The van der Waals surface area contributed by atoms with Crippen LogP contribution in [0.3, 0.4) is 0 Å². The molecule has 2 heteroatoms. The molecule has 0 amide bonds. The van der Waals surface area contributed by atoms with Gasteiger partial charge in [0.05, 0.1) is 11.1 Å². The van der Waals surface area contributed by atoms with Crippen LogP contribution in [0.15, 0.2) is 229 Å². The molecular formula is C59H37NO. The highest BCUT2D eigenvalue weighted by Gasteiger charge is 2.52. The second kappa shape index (κ2) is 13.0. The lowest BCUT2D eigenvalue weighted by Gasteiger charge is -2.32. The molecule has 2 aliphatic carbocycles. The summed E-state index contributed by atoms with van der Waals surface area (Å²) in [4.78, 5) is 2.44. The lowest BCUT2D eigenvalue weighted by Crippen LogP contribution is -2.26. The Morgan fingerprint density at radius 3 is 1.80 bits per heavy atom. The third kappa shape index (κ3) is 4.85. The monoisotopic (exact) mass is 775 g/mol. The molecule has 0 N–H and O–H groups in total. The zero-order valence-electron chi connectivity index (χ0n) is 33.2. The highest BCUT2D eigenvalue weighted by Crippen LogP contribution is 2.65. The van der Waals surface area contributed by atoms with E-state index in [2.05, 4.69) is 223 Å². The van der Waals surface area contributed by atoms with Gasteiger partial charge in [-0.25, -0.2) is 0 Å². The SMILES string of the molecule is c1ccc(-c2ccc3c(c2)C2(c4ccccc4-3)c3ccccc3-c3c(N(c4ccc(-c5cccc6ccccc56)cc4)c4ccc5c(c4)oc4ccccc45)cccc32)cc1. The zero-order valence-corrected chi connectivity index (χ0v) is 33.2. The van der Waals surface area contributed by atoms with E-state index in [-0.39, 0.29) is 0 Å². The highest BCUT2D eigenvalue weighted by atomic mass is 16.3. The van der Waals surface area contributed by atoms with Crippen molar-refractivity contribution in [3.63, 3.8) is 0 Å². The number of benzene rings is 10. The first-order valence-electron chi connectivity index (χ1n) is 21.1. The first-order valence-corrected chi connectivity index (χ1v) is 21.1. The van der Waals surface area contributed by atoms with Crippen molar-refractivity contribution >= 4 is 49.8 Å². The molecule has 13 rings (SSSR count). The number of nitrogens with zero attached hydrogens (tertiary/aromatic N) is 1. The highest BCUT2D eigenvalue weighted by molar-refractivity contribution is 6.07. The van der Waals surface area contributed by atoms with Gasteiger partial charge in [-0.05, 0) is 114 Å². The lowest BCUT2D eigenvalue weighted by molar-refractivity contribution is 0.669. The maximum Gasteiger partial charge on any atom is 0.137 e. The largest absolute Gasteiger partial charge is 0.456 e. The van der Waals surface area contributed by atoms with Gasteiger partial charge in [-0.15, -0.1) is 0 Å². The van der Waals surface area contributed by atoms with Crippen LogP contribution in [0, 0.1) is 0 Å². The van der Waals surface area contributed by atoms with Crippen molar-refractivity contribution in [2.45, 2.75) is 5.41 Å². The van der Waals surface area contributed by atoms with Gasteiger partial charge in [0.15, 0.2) is 0 Å². The minimum Gasteiger partial charge on any atom is -0.456 e. The molecule has 0 radical (unpaired) electrons. The molecule has 2 aliphatic rings. The first-order chi connectivity index (χ1) is 30.3. The molecule has 2 nitrogen and oxygen atoms in total. The van der Waals surface area contributed by atoms with Crippen molar-refractivity contribution in [3.8, 4) is 44.5 Å². The molecule has 1 aromatic heterocycles. The Labute approximate surface area is 354 Å². The van der Waals surface area contributed by atoms with Crippen molar-refractivity contribution in [3.05, 3.63) is 247 Å². The molecule has 10 aromatic carbocycles. The van der Waals surface area contributed by atoms with Gasteiger partial charge in [0, 0.05) is 33.8 Å². The summed E-state index contributed by atoms with van der Waals surface area (Å²) in [7, 11) is 0. The number of fused-ring (bicyclic) bond motifs is 14. The molecular weight excluding hydrogens is 739 g/mol. The molecule has 1 unspecified atom stereocenters. The van der Waals surface area contributed by atoms with Crippen LogP contribution in [-0.2, 0) is 5.41 Å².